The lowest BCUT2D eigenvalue weighted by Gasteiger charge is -2.19. The summed E-state index contributed by atoms with van der Waals surface area (Å²) in [7, 11) is 0. The van der Waals surface area contributed by atoms with Crippen molar-refractivity contribution in [3.63, 3.8) is 0 Å². The molecule has 1 aromatic carbocycles. The largest absolute Gasteiger partial charge is 0.383 e. The van der Waals surface area contributed by atoms with Crippen LogP contribution in [-0.4, -0.2) is 4.92 Å². The molecule has 0 fully saturated rings. The van der Waals surface area contributed by atoms with Gasteiger partial charge in [0.1, 0.15) is 6.26 Å². The molecule has 5 heteroatoms. The fraction of sp³-hybridized carbons (Fsp3) is 0. The van der Waals surface area contributed by atoms with Gasteiger partial charge in [-0.1, -0.05) is 0 Å². The highest BCUT2D eigenvalue weighted by Gasteiger charge is 2.08. The molecule has 0 atom stereocenters. The van der Waals surface area contributed by atoms with Gasteiger partial charge in [-0.15, -0.1) is 0 Å². The standard InChI is InChI=1S/C10H8N2O3/c13-12(14)10-5-3-9(4-6-10)11-7-1-2-8-15-11/h1-8H. The summed E-state index contributed by atoms with van der Waals surface area (Å²) in [5.41, 5.74) is 0.802. The van der Waals surface area contributed by atoms with Crippen molar-refractivity contribution < 1.29 is 9.76 Å². The van der Waals surface area contributed by atoms with E-state index in [0.717, 1.165) is 5.69 Å². The van der Waals surface area contributed by atoms with Gasteiger partial charge >= 0.3 is 0 Å². The quantitative estimate of drug-likeness (QED) is 0.548. The van der Waals surface area contributed by atoms with E-state index in [4.69, 9.17) is 4.84 Å². The molecule has 15 heavy (non-hydrogen) atoms. The van der Waals surface area contributed by atoms with Gasteiger partial charge in [-0.05, 0) is 24.3 Å². The van der Waals surface area contributed by atoms with Crippen LogP contribution in [-0.2, 0) is 4.84 Å². The maximum absolute atomic E-state index is 10.4. The molecule has 0 spiro atoms. The van der Waals surface area contributed by atoms with E-state index in [1.54, 1.807) is 24.4 Å². The first-order valence-electron chi connectivity index (χ1n) is 4.31. The Morgan fingerprint density at radius 1 is 1.20 bits per heavy atom. The Hall–Kier alpha value is -2.30. The Morgan fingerprint density at radius 3 is 2.47 bits per heavy atom. The van der Waals surface area contributed by atoms with E-state index < -0.39 is 4.92 Å². The first kappa shape index (κ1) is 9.26. The van der Waals surface area contributed by atoms with E-state index in [1.165, 1.54) is 23.5 Å². The topological polar surface area (TPSA) is 55.6 Å². The van der Waals surface area contributed by atoms with Crippen molar-refractivity contribution in [3.05, 3.63) is 59.0 Å². The molecular formula is C10H8N2O3. The van der Waals surface area contributed by atoms with Crippen LogP contribution in [0.25, 0.3) is 0 Å². The zero-order chi connectivity index (χ0) is 10.7. The summed E-state index contributed by atoms with van der Waals surface area (Å²) in [6, 6.07) is 6.12. The molecule has 0 saturated heterocycles. The first-order chi connectivity index (χ1) is 7.27. The number of benzene rings is 1. The normalized spacial score (nSPS) is 13.7. The molecule has 0 aromatic heterocycles. The number of hydrogen-bond donors (Lipinski definition) is 0. The summed E-state index contributed by atoms with van der Waals surface area (Å²) in [4.78, 5) is 15.2. The number of nitro benzene ring substituents is 1. The number of hydrogen-bond acceptors (Lipinski definition) is 4. The highest BCUT2D eigenvalue weighted by molar-refractivity contribution is 5.51. The Bertz CT molecular complexity index is 423. The summed E-state index contributed by atoms with van der Waals surface area (Å²) >= 11 is 0. The van der Waals surface area contributed by atoms with Crippen molar-refractivity contribution in [2.45, 2.75) is 0 Å². The fourth-order valence-corrected chi connectivity index (χ4v) is 1.18. The number of non-ortho nitro benzene ring substituents is 1. The Kier molecular flexibility index (Phi) is 2.37. The number of hydroxylamine groups is 1. The molecule has 0 saturated carbocycles. The van der Waals surface area contributed by atoms with Gasteiger partial charge in [-0.2, -0.15) is 5.06 Å². The second kappa shape index (κ2) is 3.83. The number of anilines is 1. The molecule has 0 amide bonds. The van der Waals surface area contributed by atoms with Gasteiger partial charge < -0.3 is 4.84 Å². The van der Waals surface area contributed by atoms with Crippen LogP contribution in [0.5, 0.6) is 0 Å². The second-order valence-corrected chi connectivity index (χ2v) is 2.87. The number of allylic oxidation sites excluding steroid dienone is 2. The van der Waals surface area contributed by atoms with Gasteiger partial charge in [-0.3, -0.25) is 10.1 Å². The molecule has 2 rings (SSSR count). The number of rotatable bonds is 2. The Balaban J connectivity index is 2.20. The zero-order valence-corrected chi connectivity index (χ0v) is 7.74. The molecule has 0 aliphatic carbocycles. The van der Waals surface area contributed by atoms with E-state index in [0.29, 0.717) is 0 Å². The molecular weight excluding hydrogens is 196 g/mol. The predicted molar refractivity (Wildman–Crippen MR) is 54.9 cm³/mol. The SMILES string of the molecule is O=[N+]([O-])c1ccc(N2C=CC=CO2)cc1. The van der Waals surface area contributed by atoms with E-state index in [9.17, 15) is 10.1 Å². The van der Waals surface area contributed by atoms with Crippen molar-refractivity contribution in [2.24, 2.45) is 0 Å². The van der Waals surface area contributed by atoms with Gasteiger partial charge in [0, 0.05) is 18.3 Å². The Labute approximate surface area is 86.0 Å². The van der Waals surface area contributed by atoms with Crippen molar-refractivity contribution >= 4 is 11.4 Å². The lowest BCUT2D eigenvalue weighted by molar-refractivity contribution is -0.384. The number of nitrogens with zero attached hydrogens (tertiary/aromatic N) is 2. The third-order valence-corrected chi connectivity index (χ3v) is 1.90. The minimum absolute atomic E-state index is 0.0651. The molecule has 76 valence electrons. The maximum atomic E-state index is 10.4. The van der Waals surface area contributed by atoms with E-state index in [1.807, 2.05) is 6.08 Å². The lowest BCUT2D eigenvalue weighted by Crippen LogP contribution is -2.14. The average molecular weight is 204 g/mol. The second-order valence-electron chi connectivity index (χ2n) is 2.87. The summed E-state index contributed by atoms with van der Waals surface area (Å²) < 4.78 is 0. The predicted octanol–water partition coefficient (Wildman–Crippen LogP) is 2.37. The van der Waals surface area contributed by atoms with Crippen LogP contribution in [0.15, 0.2) is 48.9 Å². The summed E-state index contributed by atoms with van der Waals surface area (Å²) in [6.07, 6.45) is 6.81. The van der Waals surface area contributed by atoms with Crippen LogP contribution in [0.1, 0.15) is 0 Å². The number of nitro groups is 1. The minimum Gasteiger partial charge on any atom is -0.383 e. The third-order valence-electron chi connectivity index (χ3n) is 1.90. The van der Waals surface area contributed by atoms with Crippen LogP contribution in [0, 0.1) is 10.1 Å². The third kappa shape index (κ3) is 1.96. The van der Waals surface area contributed by atoms with E-state index in [-0.39, 0.29) is 5.69 Å². The van der Waals surface area contributed by atoms with Crippen molar-refractivity contribution in [1.82, 2.24) is 0 Å². The molecule has 0 unspecified atom stereocenters. The minimum atomic E-state index is -0.434. The summed E-state index contributed by atoms with van der Waals surface area (Å²) in [5, 5.41) is 11.9. The summed E-state index contributed by atoms with van der Waals surface area (Å²) in [5.74, 6) is 0. The molecule has 0 radical (unpaired) electrons. The van der Waals surface area contributed by atoms with Crippen molar-refractivity contribution in [3.8, 4) is 0 Å². The van der Waals surface area contributed by atoms with Crippen LogP contribution in [0.3, 0.4) is 0 Å². The van der Waals surface area contributed by atoms with Gasteiger partial charge in [0.2, 0.25) is 0 Å². The monoisotopic (exact) mass is 204 g/mol. The average Bonchev–Trinajstić information content (AvgIpc) is 2.30. The van der Waals surface area contributed by atoms with E-state index >= 15 is 0 Å². The van der Waals surface area contributed by atoms with Gasteiger partial charge in [0.25, 0.3) is 5.69 Å². The van der Waals surface area contributed by atoms with E-state index in [2.05, 4.69) is 0 Å². The molecule has 0 N–H and O–H groups in total. The maximum Gasteiger partial charge on any atom is 0.269 e. The Morgan fingerprint density at radius 2 is 1.93 bits per heavy atom. The molecule has 1 aliphatic rings. The first-order valence-corrected chi connectivity index (χ1v) is 4.31. The van der Waals surface area contributed by atoms with Crippen LogP contribution >= 0.6 is 0 Å². The van der Waals surface area contributed by atoms with Gasteiger partial charge in [-0.25, -0.2) is 0 Å². The molecule has 1 aliphatic heterocycles. The van der Waals surface area contributed by atoms with Crippen LogP contribution in [0.4, 0.5) is 11.4 Å². The van der Waals surface area contributed by atoms with Crippen LogP contribution in [0.2, 0.25) is 0 Å². The molecule has 1 heterocycles. The molecule has 1 aromatic rings. The smallest absolute Gasteiger partial charge is 0.269 e. The highest BCUT2D eigenvalue weighted by atomic mass is 16.7. The fourth-order valence-electron chi connectivity index (χ4n) is 1.18. The summed E-state index contributed by atoms with van der Waals surface area (Å²) in [6.45, 7) is 0. The van der Waals surface area contributed by atoms with Crippen LogP contribution < -0.4 is 5.06 Å². The van der Waals surface area contributed by atoms with Gasteiger partial charge in [0.15, 0.2) is 0 Å². The highest BCUT2D eigenvalue weighted by Crippen LogP contribution is 2.20. The lowest BCUT2D eigenvalue weighted by atomic mass is 10.3. The molecule has 0 bridgehead atoms. The molecule has 5 nitrogen and oxygen atoms in total. The zero-order valence-electron chi connectivity index (χ0n) is 7.74. The van der Waals surface area contributed by atoms with Crippen molar-refractivity contribution in [2.75, 3.05) is 5.06 Å². The van der Waals surface area contributed by atoms with Gasteiger partial charge in [0.05, 0.1) is 10.6 Å². The van der Waals surface area contributed by atoms with Crippen molar-refractivity contribution in [1.29, 1.82) is 0 Å².